The number of aromatic nitrogens is 2. The zero-order valence-corrected chi connectivity index (χ0v) is 11.8. The Morgan fingerprint density at radius 3 is 2.84 bits per heavy atom. The Morgan fingerprint density at radius 1 is 1.58 bits per heavy atom. The summed E-state index contributed by atoms with van der Waals surface area (Å²) in [5.41, 5.74) is -0.0536. The van der Waals surface area contributed by atoms with Gasteiger partial charge in [0.1, 0.15) is 11.4 Å². The van der Waals surface area contributed by atoms with E-state index in [2.05, 4.69) is 15.3 Å². The summed E-state index contributed by atoms with van der Waals surface area (Å²) in [6, 6.07) is -0.298. The van der Waals surface area contributed by atoms with Gasteiger partial charge in [0, 0.05) is 12.2 Å². The first-order chi connectivity index (χ1) is 8.91. The van der Waals surface area contributed by atoms with E-state index in [1.165, 1.54) is 18.0 Å². The maximum atomic E-state index is 11.4. The van der Waals surface area contributed by atoms with E-state index in [0.29, 0.717) is 11.6 Å². The lowest BCUT2D eigenvalue weighted by Gasteiger charge is -2.13. The first-order valence-electron chi connectivity index (χ1n) is 5.52. The molecule has 0 spiro atoms. The number of aromatic carboxylic acids is 1. The van der Waals surface area contributed by atoms with Gasteiger partial charge in [-0.3, -0.25) is 0 Å². The van der Waals surface area contributed by atoms with Crippen molar-refractivity contribution in [3.8, 4) is 0 Å². The van der Waals surface area contributed by atoms with E-state index < -0.39 is 15.8 Å². The van der Waals surface area contributed by atoms with Gasteiger partial charge < -0.3 is 10.4 Å². The van der Waals surface area contributed by atoms with Crippen LogP contribution in [0.2, 0.25) is 0 Å². The van der Waals surface area contributed by atoms with Crippen molar-refractivity contribution in [3.05, 3.63) is 11.8 Å². The fourth-order valence-corrected chi connectivity index (χ4v) is 3.85. The van der Waals surface area contributed by atoms with E-state index in [-0.39, 0.29) is 28.9 Å². The lowest BCUT2D eigenvalue weighted by molar-refractivity contribution is 0.0697. The molecule has 1 aromatic heterocycles. The monoisotopic (exact) mass is 303 g/mol. The van der Waals surface area contributed by atoms with Crippen molar-refractivity contribution in [2.24, 2.45) is 0 Å². The molecule has 1 aliphatic heterocycles. The minimum atomic E-state index is -3.02. The van der Waals surface area contributed by atoms with Crippen LogP contribution in [0.5, 0.6) is 0 Å². The van der Waals surface area contributed by atoms with Gasteiger partial charge in [-0.2, -0.15) is 0 Å². The molecule has 9 heteroatoms. The number of anilines is 1. The van der Waals surface area contributed by atoms with Crippen LogP contribution in [0, 0.1) is 0 Å². The first-order valence-corrected chi connectivity index (χ1v) is 8.57. The third kappa shape index (κ3) is 3.35. The van der Waals surface area contributed by atoms with Crippen molar-refractivity contribution in [2.45, 2.75) is 17.6 Å². The molecule has 1 aliphatic rings. The fourth-order valence-electron chi connectivity index (χ4n) is 1.83. The van der Waals surface area contributed by atoms with Crippen molar-refractivity contribution < 1.29 is 18.3 Å². The van der Waals surface area contributed by atoms with Crippen LogP contribution in [0.15, 0.2) is 11.4 Å². The molecule has 0 bridgehead atoms. The van der Waals surface area contributed by atoms with E-state index in [1.807, 2.05) is 0 Å². The lowest BCUT2D eigenvalue weighted by Crippen LogP contribution is -2.23. The largest absolute Gasteiger partial charge is 0.477 e. The molecule has 1 saturated heterocycles. The second-order valence-electron chi connectivity index (χ2n) is 4.17. The van der Waals surface area contributed by atoms with E-state index in [9.17, 15) is 13.2 Å². The lowest BCUT2D eigenvalue weighted by atomic mass is 10.2. The molecule has 1 atom stereocenters. The van der Waals surface area contributed by atoms with Crippen molar-refractivity contribution in [1.82, 2.24) is 9.97 Å². The highest BCUT2D eigenvalue weighted by Crippen LogP contribution is 2.21. The molecule has 104 valence electrons. The molecule has 19 heavy (non-hydrogen) atoms. The quantitative estimate of drug-likeness (QED) is 0.611. The molecule has 0 aliphatic carbocycles. The van der Waals surface area contributed by atoms with Gasteiger partial charge in [-0.15, -0.1) is 0 Å². The van der Waals surface area contributed by atoms with E-state index in [4.69, 9.17) is 5.11 Å². The van der Waals surface area contributed by atoms with Gasteiger partial charge >= 0.3 is 5.97 Å². The van der Waals surface area contributed by atoms with Crippen molar-refractivity contribution in [3.63, 3.8) is 0 Å². The van der Waals surface area contributed by atoms with E-state index >= 15 is 0 Å². The molecular weight excluding hydrogens is 290 g/mol. The minimum Gasteiger partial charge on any atom is -0.477 e. The number of carboxylic acid groups (broad SMARTS) is 1. The second-order valence-corrected chi connectivity index (χ2v) is 7.17. The average molecular weight is 303 g/mol. The van der Waals surface area contributed by atoms with Crippen LogP contribution in [0.1, 0.15) is 16.8 Å². The van der Waals surface area contributed by atoms with Crippen LogP contribution in [0.4, 0.5) is 5.82 Å². The summed E-state index contributed by atoms with van der Waals surface area (Å²) in [6.07, 6.45) is 3.46. The summed E-state index contributed by atoms with van der Waals surface area (Å²) < 4.78 is 22.8. The van der Waals surface area contributed by atoms with Crippen molar-refractivity contribution in [1.29, 1.82) is 0 Å². The summed E-state index contributed by atoms with van der Waals surface area (Å²) in [6.45, 7) is 0. The minimum absolute atomic E-state index is 0.00463. The highest BCUT2D eigenvalue weighted by atomic mass is 32.2. The molecule has 0 saturated carbocycles. The Hall–Kier alpha value is -1.35. The Bertz CT molecular complexity index is 603. The molecule has 7 nitrogen and oxygen atoms in total. The zero-order valence-electron chi connectivity index (χ0n) is 10.2. The summed E-state index contributed by atoms with van der Waals surface area (Å²) in [7, 11) is -3.02. The summed E-state index contributed by atoms with van der Waals surface area (Å²) in [5.74, 6) is -0.844. The van der Waals surface area contributed by atoms with Gasteiger partial charge in [-0.05, 0) is 12.7 Å². The number of hydrogen-bond donors (Lipinski definition) is 2. The smallest absolute Gasteiger partial charge is 0.341 e. The number of rotatable bonds is 4. The topological polar surface area (TPSA) is 109 Å². The summed E-state index contributed by atoms with van der Waals surface area (Å²) in [4.78, 5) is 19.1. The van der Waals surface area contributed by atoms with Crippen LogP contribution in [0.25, 0.3) is 0 Å². The summed E-state index contributed by atoms with van der Waals surface area (Å²) in [5, 5.41) is 12.4. The van der Waals surface area contributed by atoms with Crippen LogP contribution in [0.3, 0.4) is 0 Å². The number of sulfone groups is 1. The molecule has 1 unspecified atom stereocenters. The van der Waals surface area contributed by atoms with E-state index in [0.717, 1.165) is 0 Å². The third-order valence-electron chi connectivity index (χ3n) is 2.75. The maximum absolute atomic E-state index is 11.4. The Morgan fingerprint density at radius 2 is 2.32 bits per heavy atom. The average Bonchev–Trinajstić information content (AvgIpc) is 2.68. The van der Waals surface area contributed by atoms with Crippen LogP contribution >= 0.6 is 11.8 Å². The van der Waals surface area contributed by atoms with Gasteiger partial charge in [0.25, 0.3) is 0 Å². The maximum Gasteiger partial charge on any atom is 0.341 e. The van der Waals surface area contributed by atoms with Gasteiger partial charge in [0.2, 0.25) is 0 Å². The number of carbonyl (C=O) groups is 1. The van der Waals surface area contributed by atoms with Crippen molar-refractivity contribution in [2.75, 3.05) is 23.1 Å². The third-order valence-corrected chi connectivity index (χ3v) is 5.08. The number of thioether (sulfide) groups is 1. The molecular formula is C10H13N3O4S2. The van der Waals surface area contributed by atoms with Crippen LogP contribution in [-0.2, 0) is 9.84 Å². The van der Waals surface area contributed by atoms with Crippen LogP contribution < -0.4 is 5.32 Å². The molecule has 2 N–H and O–H groups in total. The number of hydrogen-bond acceptors (Lipinski definition) is 7. The Kier molecular flexibility index (Phi) is 3.95. The first kappa shape index (κ1) is 14.1. The standard InChI is InChI=1S/C10H13N3O4S2/c1-18-10-11-4-7(9(14)15)8(13-10)12-6-2-3-19(16,17)5-6/h4,6H,2-3,5H2,1H3,(H,14,15)(H,11,12,13). The number of nitrogens with one attached hydrogen (secondary N) is 1. The predicted octanol–water partition coefficient (Wildman–Crippen LogP) is 0.496. The highest BCUT2D eigenvalue weighted by Gasteiger charge is 2.29. The van der Waals surface area contributed by atoms with E-state index in [1.54, 1.807) is 6.26 Å². The predicted molar refractivity (Wildman–Crippen MR) is 71.5 cm³/mol. The Balaban J connectivity index is 2.25. The zero-order chi connectivity index (χ0) is 14.0. The van der Waals surface area contributed by atoms with Gasteiger partial charge in [-0.1, -0.05) is 11.8 Å². The second kappa shape index (κ2) is 5.33. The molecule has 2 rings (SSSR count). The SMILES string of the molecule is CSc1ncc(C(=O)O)c(NC2CCS(=O)(=O)C2)n1. The highest BCUT2D eigenvalue weighted by molar-refractivity contribution is 7.98. The van der Waals surface area contributed by atoms with Crippen LogP contribution in [-0.4, -0.2) is 53.3 Å². The molecule has 2 heterocycles. The molecule has 0 amide bonds. The molecule has 1 fully saturated rings. The van der Waals surface area contributed by atoms with Crippen molar-refractivity contribution >= 4 is 33.4 Å². The fraction of sp³-hybridized carbons (Fsp3) is 0.500. The molecule has 0 radical (unpaired) electrons. The Labute approximate surface area is 114 Å². The molecule has 0 aromatic carbocycles. The van der Waals surface area contributed by atoms with Gasteiger partial charge in [-0.25, -0.2) is 23.2 Å². The summed E-state index contributed by atoms with van der Waals surface area (Å²) >= 11 is 1.29. The normalized spacial score (nSPS) is 21.2. The van der Waals surface area contributed by atoms with Gasteiger partial charge in [0.05, 0.1) is 11.5 Å². The number of nitrogens with zero attached hydrogens (tertiary/aromatic N) is 2. The number of carboxylic acids is 1. The molecule has 1 aromatic rings. The van der Waals surface area contributed by atoms with Gasteiger partial charge in [0.15, 0.2) is 15.0 Å².